The minimum Gasteiger partial charge on any atom is -0.385 e. The largest absolute Gasteiger partial charge is 0.385 e. The minimum atomic E-state index is -1.16. The van der Waals surface area contributed by atoms with Crippen molar-refractivity contribution in [3.8, 4) is 0 Å². The zero-order valence-corrected chi connectivity index (χ0v) is 21.8. The second-order valence-electron chi connectivity index (χ2n) is 11.9. The number of amides is 1. The van der Waals surface area contributed by atoms with Crippen LogP contribution in [0.5, 0.6) is 0 Å². The number of nitrogens with zero attached hydrogens (tertiary/aromatic N) is 2. The molecule has 3 N–H and O–H groups in total. The summed E-state index contributed by atoms with van der Waals surface area (Å²) in [7, 11) is 0. The first-order valence-corrected chi connectivity index (χ1v) is 13.5. The Morgan fingerprint density at radius 3 is 2.75 bits per heavy atom. The van der Waals surface area contributed by atoms with Gasteiger partial charge in [0.15, 0.2) is 12.4 Å². The lowest BCUT2D eigenvalue weighted by Crippen LogP contribution is -2.57. The van der Waals surface area contributed by atoms with Crippen molar-refractivity contribution < 1.29 is 19.5 Å². The van der Waals surface area contributed by atoms with Gasteiger partial charge in [0, 0.05) is 30.3 Å². The van der Waals surface area contributed by atoms with E-state index >= 15 is 0 Å². The van der Waals surface area contributed by atoms with Crippen molar-refractivity contribution in [1.82, 2.24) is 15.3 Å². The molecule has 0 aliphatic heterocycles. The van der Waals surface area contributed by atoms with E-state index in [1.807, 2.05) is 0 Å². The summed E-state index contributed by atoms with van der Waals surface area (Å²) in [4.78, 5) is 36.9. The molecule has 0 bridgehead atoms. The highest BCUT2D eigenvalue weighted by Crippen LogP contribution is 2.67. The lowest BCUT2D eigenvalue weighted by molar-refractivity contribution is -0.159. The van der Waals surface area contributed by atoms with Crippen LogP contribution in [0.3, 0.4) is 0 Å². The van der Waals surface area contributed by atoms with Crippen LogP contribution in [0.1, 0.15) is 77.8 Å². The second kappa shape index (κ2) is 9.43. The molecule has 8 nitrogen and oxygen atoms in total. The molecular formula is C28H40N4O4. The van der Waals surface area contributed by atoms with Crippen molar-refractivity contribution in [2.45, 2.75) is 84.2 Å². The maximum atomic E-state index is 12.4. The normalized spacial score (nSPS) is 38.5. The topological polar surface area (TPSA) is 117 Å². The molecule has 4 aliphatic rings. The summed E-state index contributed by atoms with van der Waals surface area (Å²) in [6, 6.07) is 0. The third-order valence-electron chi connectivity index (χ3n) is 10.4. The van der Waals surface area contributed by atoms with Crippen LogP contribution in [0.25, 0.3) is 0 Å². The summed E-state index contributed by atoms with van der Waals surface area (Å²) >= 11 is 0. The molecule has 0 saturated heterocycles. The van der Waals surface area contributed by atoms with E-state index in [0.29, 0.717) is 37.1 Å². The van der Waals surface area contributed by atoms with Gasteiger partial charge in [0.05, 0.1) is 12.0 Å². The Kier molecular flexibility index (Phi) is 6.60. The number of carbonyl (C=O) groups is 2. The van der Waals surface area contributed by atoms with Crippen LogP contribution in [0, 0.1) is 28.6 Å². The molecule has 1 aromatic heterocycles. The van der Waals surface area contributed by atoms with Crippen molar-refractivity contribution in [1.29, 1.82) is 0 Å². The first-order valence-electron chi connectivity index (χ1n) is 13.5. The zero-order valence-electron chi connectivity index (χ0n) is 21.8. The summed E-state index contributed by atoms with van der Waals surface area (Å²) in [5.74, 6) is 1.31. The number of imidazole rings is 1. The van der Waals surface area contributed by atoms with Crippen LogP contribution < -0.4 is 5.32 Å². The van der Waals surface area contributed by atoms with Crippen molar-refractivity contribution in [3.63, 3.8) is 0 Å². The smallest absolute Gasteiger partial charge is 0.260 e. The molecule has 5 rings (SSSR count). The van der Waals surface area contributed by atoms with E-state index in [1.54, 1.807) is 19.4 Å². The molecule has 0 unspecified atom stereocenters. The van der Waals surface area contributed by atoms with Crippen LogP contribution in [-0.2, 0) is 20.8 Å². The van der Waals surface area contributed by atoms with Crippen molar-refractivity contribution >= 4 is 17.4 Å². The quantitative estimate of drug-likeness (QED) is 0.498. The Morgan fingerprint density at radius 2 is 2.00 bits per heavy atom. The number of H-pyrrole nitrogens is 1. The Morgan fingerprint density at radius 1 is 1.19 bits per heavy atom. The van der Waals surface area contributed by atoms with Crippen molar-refractivity contribution in [2.24, 2.45) is 33.7 Å². The highest BCUT2D eigenvalue weighted by Gasteiger charge is 2.65. The third kappa shape index (κ3) is 4.11. The van der Waals surface area contributed by atoms with Gasteiger partial charge in [-0.2, -0.15) is 0 Å². The van der Waals surface area contributed by atoms with Gasteiger partial charge >= 0.3 is 0 Å². The van der Waals surface area contributed by atoms with Crippen LogP contribution in [0.2, 0.25) is 0 Å². The SMILES string of the molecule is CC(=O)[C@@]1(O)CC[C@@H]2[C@H]3CCC4=CC(=NOCC(=O)NCCc5cnc[nH]5)CC[C@]4(C)[C@@H]3CC[C@@]21C. The number of Topliss-reactive ketones (excluding diaryl/α,β-unsaturated/α-hetero) is 1. The molecule has 8 heteroatoms. The molecule has 3 fully saturated rings. The number of aromatic nitrogens is 2. The number of aromatic amines is 1. The molecule has 36 heavy (non-hydrogen) atoms. The lowest BCUT2D eigenvalue weighted by Gasteiger charge is -2.59. The van der Waals surface area contributed by atoms with Gasteiger partial charge in [0.2, 0.25) is 0 Å². The summed E-state index contributed by atoms with van der Waals surface area (Å²) in [6.45, 7) is 6.59. The number of allylic oxidation sites excluding steroid dienone is 2. The minimum absolute atomic E-state index is 0.0569. The summed E-state index contributed by atoms with van der Waals surface area (Å²) in [6.07, 6.45) is 13.8. The fraction of sp³-hybridized carbons (Fsp3) is 0.714. The van der Waals surface area contributed by atoms with Crippen molar-refractivity contribution in [3.05, 3.63) is 29.9 Å². The molecule has 1 aromatic rings. The number of rotatable bonds is 7. The fourth-order valence-electron chi connectivity index (χ4n) is 8.22. The van der Waals surface area contributed by atoms with E-state index in [1.165, 1.54) is 5.57 Å². The van der Waals surface area contributed by atoms with Crippen LogP contribution in [0.4, 0.5) is 0 Å². The average Bonchev–Trinajstić information content (AvgIpc) is 3.46. The number of hydrogen-bond acceptors (Lipinski definition) is 6. The molecule has 4 aliphatic carbocycles. The Balaban J connectivity index is 1.19. The highest BCUT2D eigenvalue weighted by atomic mass is 16.6. The van der Waals surface area contributed by atoms with Gasteiger partial charge in [0.1, 0.15) is 5.60 Å². The maximum absolute atomic E-state index is 12.4. The number of oxime groups is 1. The van der Waals surface area contributed by atoms with Gasteiger partial charge in [-0.1, -0.05) is 24.6 Å². The van der Waals surface area contributed by atoms with Gasteiger partial charge in [-0.3, -0.25) is 9.59 Å². The first-order chi connectivity index (χ1) is 17.2. The number of aliphatic hydroxyl groups is 1. The summed E-state index contributed by atoms with van der Waals surface area (Å²) < 4.78 is 0. The van der Waals surface area contributed by atoms with Gasteiger partial charge in [-0.15, -0.1) is 0 Å². The van der Waals surface area contributed by atoms with Gasteiger partial charge in [-0.05, 0) is 87.5 Å². The number of hydrogen-bond donors (Lipinski definition) is 3. The number of nitrogens with one attached hydrogen (secondary N) is 2. The van der Waals surface area contributed by atoms with E-state index < -0.39 is 5.60 Å². The molecule has 3 saturated carbocycles. The maximum Gasteiger partial charge on any atom is 0.260 e. The van der Waals surface area contributed by atoms with Crippen molar-refractivity contribution in [2.75, 3.05) is 13.2 Å². The lowest BCUT2D eigenvalue weighted by atomic mass is 9.46. The fourth-order valence-corrected chi connectivity index (χ4v) is 8.22. The summed E-state index contributed by atoms with van der Waals surface area (Å²) in [5, 5.41) is 18.5. The monoisotopic (exact) mass is 496 g/mol. The van der Waals surface area contributed by atoms with Gasteiger partial charge in [0.25, 0.3) is 5.91 Å². The number of ketones is 1. The molecular weight excluding hydrogens is 456 g/mol. The Bertz CT molecular complexity index is 1070. The summed E-state index contributed by atoms with van der Waals surface area (Å²) in [5.41, 5.74) is 2.02. The molecule has 0 spiro atoms. The average molecular weight is 497 g/mol. The van der Waals surface area contributed by atoms with Crippen LogP contribution in [0.15, 0.2) is 29.3 Å². The molecule has 0 radical (unpaired) electrons. The highest BCUT2D eigenvalue weighted by molar-refractivity contribution is 5.96. The first kappa shape index (κ1) is 25.2. The van der Waals surface area contributed by atoms with E-state index in [2.05, 4.69) is 40.4 Å². The Hall–Kier alpha value is -2.48. The molecule has 0 aromatic carbocycles. The zero-order chi connectivity index (χ0) is 25.6. The van der Waals surface area contributed by atoms with E-state index in [-0.39, 0.29) is 29.1 Å². The Labute approximate surface area is 213 Å². The molecule has 1 amide bonds. The van der Waals surface area contributed by atoms with Gasteiger partial charge in [-0.25, -0.2) is 4.98 Å². The van der Waals surface area contributed by atoms with Crippen LogP contribution >= 0.6 is 0 Å². The van der Waals surface area contributed by atoms with E-state index in [4.69, 9.17) is 4.84 Å². The molecule has 6 atom stereocenters. The van der Waals surface area contributed by atoms with E-state index in [0.717, 1.165) is 56.4 Å². The number of fused-ring (bicyclic) bond motifs is 5. The predicted molar refractivity (Wildman–Crippen MR) is 136 cm³/mol. The third-order valence-corrected chi connectivity index (χ3v) is 10.4. The second-order valence-corrected chi connectivity index (χ2v) is 11.9. The standard InChI is InChI=1S/C28H40N4O4/c1-18(33)28(35)12-8-24-22-5-4-19-14-20(6-10-26(19,2)23(22)7-11-27(24,28)3)32-36-16-25(34)30-13-9-21-15-29-17-31-21/h14-15,17,22-24,35H,4-13,16H2,1-3H3,(H,29,31)(H,30,34)/t22-,23+,24+,26-,27-,28-/m0/s1. The van der Waals surface area contributed by atoms with Crippen LogP contribution in [-0.4, -0.2) is 51.2 Å². The predicted octanol–water partition coefficient (Wildman–Crippen LogP) is 3.72. The molecule has 196 valence electrons. The van der Waals surface area contributed by atoms with E-state index in [9.17, 15) is 14.7 Å². The van der Waals surface area contributed by atoms with Gasteiger partial charge < -0.3 is 20.2 Å². The molecule has 1 heterocycles. The number of carbonyl (C=O) groups excluding carboxylic acids is 2.